The maximum atomic E-state index is 10.1. The van der Waals surface area contributed by atoms with Crippen LogP contribution in [0, 0.1) is 0 Å². The largest absolute Gasteiger partial charge is 0.445 e. The van der Waals surface area contributed by atoms with Crippen LogP contribution >= 0.6 is 0 Å². The van der Waals surface area contributed by atoms with Crippen LogP contribution < -0.4 is 0 Å². The second-order valence-electron chi connectivity index (χ2n) is 3.45. The molecule has 1 N–H and O–H groups in total. The fraction of sp³-hybridized carbons (Fsp3) is 0.800. The smallest absolute Gasteiger partial charge is 0.370 e. The molecule has 0 fully saturated rings. The summed E-state index contributed by atoms with van der Waals surface area (Å²) in [6, 6.07) is 0. The highest BCUT2D eigenvalue weighted by Gasteiger charge is 1.98. The lowest BCUT2D eigenvalue weighted by Gasteiger charge is -1.97. The third-order valence-electron chi connectivity index (χ3n) is 2.00. The van der Waals surface area contributed by atoms with Crippen LogP contribution in [0.5, 0.6) is 0 Å². The monoisotopic (exact) mass is 236 g/mol. The van der Waals surface area contributed by atoms with E-state index in [0.29, 0.717) is 0 Å². The molecule has 90 valence electrons. The summed E-state index contributed by atoms with van der Waals surface area (Å²) in [6.07, 6.45) is 10.6. The van der Waals surface area contributed by atoms with Gasteiger partial charge in [0.1, 0.15) is 6.26 Å². The van der Waals surface area contributed by atoms with E-state index in [-0.39, 0.29) is 0 Å². The Morgan fingerprint density at radius 3 is 2.33 bits per heavy atom. The maximum absolute atomic E-state index is 10.1. The van der Waals surface area contributed by atoms with E-state index in [1.807, 2.05) is 0 Å². The Bertz CT molecular complexity index is 257. The zero-order valence-corrected chi connectivity index (χ0v) is 10.0. The minimum atomic E-state index is -4.32. The number of allylic oxidation sites excluding steroid dienone is 1. The van der Waals surface area contributed by atoms with Gasteiger partial charge in [-0.2, -0.15) is 8.42 Å². The molecule has 0 atom stereocenters. The molecule has 5 heteroatoms. The Morgan fingerprint density at radius 2 is 1.73 bits per heavy atom. The maximum Gasteiger partial charge on any atom is 0.445 e. The topological polar surface area (TPSA) is 63.6 Å². The van der Waals surface area contributed by atoms with Crippen molar-refractivity contribution in [1.82, 2.24) is 0 Å². The standard InChI is InChI=1S/C10H20O4S/c1-2-3-4-5-6-7-8-9-10-14-15(11,12)13/h9-10H,2-8H2,1H3,(H,11,12,13). The van der Waals surface area contributed by atoms with Crippen molar-refractivity contribution in [1.29, 1.82) is 0 Å². The number of hydrogen-bond donors (Lipinski definition) is 1. The average molecular weight is 236 g/mol. The lowest BCUT2D eigenvalue weighted by Crippen LogP contribution is -1.96. The zero-order valence-electron chi connectivity index (χ0n) is 9.18. The summed E-state index contributed by atoms with van der Waals surface area (Å²) in [7, 11) is -4.32. The summed E-state index contributed by atoms with van der Waals surface area (Å²) in [6.45, 7) is 2.18. The van der Waals surface area contributed by atoms with Crippen LogP contribution in [-0.2, 0) is 14.6 Å². The summed E-state index contributed by atoms with van der Waals surface area (Å²) in [5.41, 5.74) is 0. The second kappa shape index (κ2) is 8.73. The summed E-state index contributed by atoms with van der Waals surface area (Å²) in [4.78, 5) is 0. The van der Waals surface area contributed by atoms with Crippen molar-refractivity contribution in [3.8, 4) is 0 Å². The molecule has 0 bridgehead atoms. The molecule has 0 unspecified atom stereocenters. The van der Waals surface area contributed by atoms with Gasteiger partial charge in [0.25, 0.3) is 0 Å². The van der Waals surface area contributed by atoms with E-state index in [1.54, 1.807) is 6.08 Å². The van der Waals surface area contributed by atoms with Crippen molar-refractivity contribution in [2.45, 2.75) is 51.9 Å². The molecule has 15 heavy (non-hydrogen) atoms. The van der Waals surface area contributed by atoms with Crippen molar-refractivity contribution in [2.24, 2.45) is 0 Å². The van der Waals surface area contributed by atoms with Gasteiger partial charge in [-0.1, -0.05) is 39.0 Å². The Balaban J connectivity index is 3.24. The molecule has 0 radical (unpaired) electrons. The van der Waals surface area contributed by atoms with Crippen molar-refractivity contribution < 1.29 is 17.2 Å². The second-order valence-corrected chi connectivity index (χ2v) is 4.50. The minimum absolute atomic E-state index is 0.779. The Morgan fingerprint density at radius 1 is 1.13 bits per heavy atom. The lowest BCUT2D eigenvalue weighted by molar-refractivity contribution is 0.355. The molecule has 0 aromatic rings. The van der Waals surface area contributed by atoms with Crippen molar-refractivity contribution in [2.75, 3.05) is 0 Å². The predicted molar refractivity (Wildman–Crippen MR) is 59.8 cm³/mol. The molecule has 0 aromatic heterocycles. The zero-order chi connectivity index (χ0) is 11.6. The Kier molecular flexibility index (Phi) is 8.41. The minimum Gasteiger partial charge on any atom is -0.370 e. The van der Waals surface area contributed by atoms with Gasteiger partial charge in [-0.3, -0.25) is 4.55 Å². The van der Waals surface area contributed by atoms with E-state index in [2.05, 4.69) is 11.1 Å². The van der Waals surface area contributed by atoms with E-state index < -0.39 is 10.4 Å². The fourth-order valence-electron chi connectivity index (χ4n) is 1.22. The van der Waals surface area contributed by atoms with Gasteiger partial charge in [-0.25, -0.2) is 0 Å². The van der Waals surface area contributed by atoms with Crippen LogP contribution in [0.4, 0.5) is 0 Å². The molecule has 4 nitrogen and oxygen atoms in total. The first-order valence-corrected chi connectivity index (χ1v) is 6.73. The van der Waals surface area contributed by atoms with Crippen molar-refractivity contribution in [3.05, 3.63) is 12.3 Å². The summed E-state index contributed by atoms with van der Waals surface area (Å²) >= 11 is 0. The predicted octanol–water partition coefficient (Wildman–Crippen LogP) is 3.07. The number of unbranched alkanes of at least 4 members (excludes halogenated alkanes) is 6. The molecule has 0 saturated heterocycles. The summed E-state index contributed by atoms with van der Waals surface area (Å²) < 4.78 is 32.5. The molecule has 0 aromatic carbocycles. The Labute approximate surface area is 92.3 Å². The fourth-order valence-corrected chi connectivity index (χ4v) is 1.44. The molecular weight excluding hydrogens is 216 g/mol. The van der Waals surface area contributed by atoms with Crippen molar-refractivity contribution in [3.63, 3.8) is 0 Å². The third kappa shape index (κ3) is 13.4. The first-order valence-electron chi connectivity index (χ1n) is 5.37. The van der Waals surface area contributed by atoms with Gasteiger partial charge in [0.2, 0.25) is 0 Å². The van der Waals surface area contributed by atoms with E-state index in [0.717, 1.165) is 25.5 Å². The highest BCUT2D eigenvalue weighted by atomic mass is 32.3. The van der Waals surface area contributed by atoms with Crippen LogP contribution in [0.3, 0.4) is 0 Å². The first kappa shape index (κ1) is 14.5. The van der Waals surface area contributed by atoms with Crippen LogP contribution in [0.1, 0.15) is 51.9 Å². The molecule has 0 amide bonds. The van der Waals surface area contributed by atoms with E-state index >= 15 is 0 Å². The average Bonchev–Trinajstić information content (AvgIpc) is 2.14. The van der Waals surface area contributed by atoms with Gasteiger partial charge in [0, 0.05) is 0 Å². The van der Waals surface area contributed by atoms with Crippen LogP contribution in [0.15, 0.2) is 12.3 Å². The molecular formula is C10H20O4S. The van der Waals surface area contributed by atoms with Gasteiger partial charge in [0.05, 0.1) is 0 Å². The molecule has 0 saturated carbocycles. The van der Waals surface area contributed by atoms with Crippen LogP contribution in [0.25, 0.3) is 0 Å². The highest BCUT2D eigenvalue weighted by molar-refractivity contribution is 7.81. The number of rotatable bonds is 9. The van der Waals surface area contributed by atoms with Gasteiger partial charge in [0.15, 0.2) is 0 Å². The van der Waals surface area contributed by atoms with Gasteiger partial charge < -0.3 is 4.18 Å². The van der Waals surface area contributed by atoms with Crippen molar-refractivity contribution >= 4 is 10.4 Å². The van der Waals surface area contributed by atoms with Crippen LogP contribution in [-0.4, -0.2) is 13.0 Å². The van der Waals surface area contributed by atoms with Gasteiger partial charge in [-0.05, 0) is 18.9 Å². The van der Waals surface area contributed by atoms with Gasteiger partial charge in [-0.15, -0.1) is 0 Å². The number of hydrogen-bond acceptors (Lipinski definition) is 3. The molecule has 0 aliphatic rings. The molecule has 0 rings (SSSR count). The normalized spacial score (nSPS) is 12.1. The van der Waals surface area contributed by atoms with Gasteiger partial charge >= 0.3 is 10.4 Å². The SMILES string of the molecule is CCCCCCCCC=COS(=O)(=O)O. The van der Waals surface area contributed by atoms with E-state index in [9.17, 15) is 8.42 Å². The van der Waals surface area contributed by atoms with E-state index in [1.165, 1.54) is 25.7 Å². The van der Waals surface area contributed by atoms with Crippen LogP contribution in [0.2, 0.25) is 0 Å². The quantitative estimate of drug-likeness (QED) is 0.379. The summed E-state index contributed by atoms with van der Waals surface area (Å²) in [5, 5.41) is 0. The molecule has 0 heterocycles. The first-order chi connectivity index (χ1) is 7.06. The van der Waals surface area contributed by atoms with E-state index in [4.69, 9.17) is 4.55 Å². The highest BCUT2D eigenvalue weighted by Crippen LogP contribution is 2.07. The lowest BCUT2D eigenvalue weighted by atomic mass is 10.1. The molecule has 0 aliphatic heterocycles. The Hall–Kier alpha value is -0.550. The molecule has 0 spiro atoms. The summed E-state index contributed by atoms with van der Waals surface area (Å²) in [5.74, 6) is 0. The molecule has 0 aliphatic carbocycles. The third-order valence-corrected chi connectivity index (χ3v) is 2.35.